The van der Waals surface area contributed by atoms with Crippen LogP contribution in [0.2, 0.25) is 0 Å². The number of rotatable bonds is 7. The fourth-order valence-corrected chi connectivity index (χ4v) is 2.10. The molecule has 0 saturated heterocycles. The quantitative estimate of drug-likeness (QED) is 0.851. The van der Waals surface area contributed by atoms with Crippen LogP contribution >= 0.6 is 0 Å². The fraction of sp³-hybridized carbons (Fsp3) is 0.353. The van der Waals surface area contributed by atoms with E-state index < -0.39 is 0 Å². The molecule has 1 atom stereocenters. The second-order valence-electron chi connectivity index (χ2n) is 5.08. The third-order valence-corrected chi connectivity index (χ3v) is 3.40. The molecule has 0 amide bonds. The number of hydrogen-bond donors (Lipinski definition) is 1. The summed E-state index contributed by atoms with van der Waals surface area (Å²) in [6.45, 7) is 2.55. The summed E-state index contributed by atoms with van der Waals surface area (Å²) in [6.07, 6.45) is 5.81. The first kappa shape index (κ1) is 15.4. The second-order valence-corrected chi connectivity index (χ2v) is 5.08. The van der Waals surface area contributed by atoms with E-state index in [2.05, 4.69) is 4.98 Å². The van der Waals surface area contributed by atoms with Gasteiger partial charge in [0, 0.05) is 24.9 Å². The van der Waals surface area contributed by atoms with E-state index in [1.807, 2.05) is 25.3 Å². The summed E-state index contributed by atoms with van der Waals surface area (Å²) in [5, 5.41) is 0. The van der Waals surface area contributed by atoms with Gasteiger partial charge in [-0.15, -0.1) is 0 Å². The lowest BCUT2D eigenvalue weighted by molar-refractivity contribution is 0.317. The van der Waals surface area contributed by atoms with E-state index in [0.717, 1.165) is 24.0 Å². The number of nitrogens with zero attached hydrogens (tertiary/aromatic N) is 1. The summed E-state index contributed by atoms with van der Waals surface area (Å²) in [6, 6.07) is 8.53. The van der Waals surface area contributed by atoms with Crippen molar-refractivity contribution < 1.29 is 9.13 Å². The Morgan fingerprint density at radius 2 is 2.19 bits per heavy atom. The van der Waals surface area contributed by atoms with Crippen molar-refractivity contribution >= 4 is 0 Å². The lowest BCUT2D eigenvalue weighted by atomic mass is 10.0. The molecule has 0 aliphatic carbocycles. The number of ether oxygens (including phenoxy) is 1. The van der Waals surface area contributed by atoms with Crippen molar-refractivity contribution in [2.45, 2.75) is 32.2 Å². The zero-order valence-electron chi connectivity index (χ0n) is 12.3. The molecule has 1 heterocycles. The number of aromatic nitrogens is 1. The van der Waals surface area contributed by atoms with Crippen LogP contribution in [0.4, 0.5) is 4.39 Å². The molecular formula is C17H21FN2O. The molecule has 4 heteroatoms. The van der Waals surface area contributed by atoms with E-state index in [1.54, 1.807) is 12.3 Å². The first-order valence-electron chi connectivity index (χ1n) is 7.24. The van der Waals surface area contributed by atoms with Gasteiger partial charge < -0.3 is 10.5 Å². The molecule has 2 rings (SSSR count). The highest BCUT2D eigenvalue weighted by Gasteiger charge is 2.09. The molecule has 0 spiro atoms. The van der Waals surface area contributed by atoms with E-state index in [0.29, 0.717) is 18.8 Å². The Morgan fingerprint density at radius 3 is 2.90 bits per heavy atom. The summed E-state index contributed by atoms with van der Waals surface area (Å²) in [5.41, 5.74) is 7.90. The SMILES string of the molecule is CCC(N)Cc1cc(F)ccc1OCCc1cccnc1. The zero-order chi connectivity index (χ0) is 15.1. The lowest BCUT2D eigenvalue weighted by Crippen LogP contribution is -2.22. The Kier molecular flexibility index (Phi) is 5.69. The number of halogens is 1. The smallest absolute Gasteiger partial charge is 0.123 e. The Morgan fingerprint density at radius 1 is 1.33 bits per heavy atom. The van der Waals surface area contributed by atoms with Gasteiger partial charge >= 0.3 is 0 Å². The van der Waals surface area contributed by atoms with Gasteiger partial charge in [0.1, 0.15) is 11.6 Å². The minimum absolute atomic E-state index is 0.0208. The third-order valence-electron chi connectivity index (χ3n) is 3.40. The van der Waals surface area contributed by atoms with Crippen molar-refractivity contribution in [3.8, 4) is 5.75 Å². The van der Waals surface area contributed by atoms with Crippen LogP contribution < -0.4 is 10.5 Å². The molecule has 1 aromatic heterocycles. The highest BCUT2D eigenvalue weighted by Crippen LogP contribution is 2.22. The zero-order valence-corrected chi connectivity index (χ0v) is 12.3. The Labute approximate surface area is 125 Å². The van der Waals surface area contributed by atoms with Crippen molar-refractivity contribution in [1.82, 2.24) is 4.98 Å². The molecule has 1 aromatic carbocycles. The summed E-state index contributed by atoms with van der Waals surface area (Å²) < 4.78 is 19.2. The van der Waals surface area contributed by atoms with Gasteiger partial charge in [0.2, 0.25) is 0 Å². The Balaban J connectivity index is 1.98. The summed E-state index contributed by atoms with van der Waals surface area (Å²) in [7, 11) is 0. The topological polar surface area (TPSA) is 48.1 Å². The van der Waals surface area contributed by atoms with Crippen LogP contribution in [0.5, 0.6) is 5.75 Å². The van der Waals surface area contributed by atoms with Crippen molar-refractivity contribution in [2.24, 2.45) is 5.73 Å². The van der Waals surface area contributed by atoms with E-state index in [1.165, 1.54) is 12.1 Å². The Hall–Kier alpha value is -1.94. The fourth-order valence-electron chi connectivity index (χ4n) is 2.10. The van der Waals surface area contributed by atoms with Crippen molar-refractivity contribution in [3.05, 3.63) is 59.7 Å². The van der Waals surface area contributed by atoms with E-state index >= 15 is 0 Å². The maximum absolute atomic E-state index is 13.4. The largest absolute Gasteiger partial charge is 0.493 e. The summed E-state index contributed by atoms with van der Waals surface area (Å²) in [5.74, 6) is 0.456. The molecule has 1 unspecified atom stereocenters. The molecule has 0 bridgehead atoms. The molecule has 0 aliphatic heterocycles. The van der Waals surface area contributed by atoms with Crippen LogP contribution in [-0.4, -0.2) is 17.6 Å². The second kappa shape index (κ2) is 7.74. The van der Waals surface area contributed by atoms with Gasteiger partial charge in [-0.1, -0.05) is 13.0 Å². The van der Waals surface area contributed by atoms with Crippen LogP contribution in [0.1, 0.15) is 24.5 Å². The average Bonchev–Trinajstić information content (AvgIpc) is 2.50. The van der Waals surface area contributed by atoms with E-state index in [9.17, 15) is 4.39 Å². The summed E-state index contributed by atoms with van der Waals surface area (Å²) in [4.78, 5) is 4.07. The molecule has 0 radical (unpaired) electrons. The van der Waals surface area contributed by atoms with E-state index in [-0.39, 0.29) is 11.9 Å². The maximum Gasteiger partial charge on any atom is 0.123 e. The summed E-state index contributed by atoms with van der Waals surface area (Å²) >= 11 is 0. The van der Waals surface area contributed by atoms with Crippen molar-refractivity contribution in [1.29, 1.82) is 0 Å². The van der Waals surface area contributed by atoms with Gasteiger partial charge in [-0.3, -0.25) is 4.98 Å². The minimum atomic E-state index is -0.257. The number of hydrogen-bond acceptors (Lipinski definition) is 3. The third kappa shape index (κ3) is 4.83. The standard InChI is InChI=1S/C17H21FN2O/c1-2-16(19)11-14-10-15(18)5-6-17(14)21-9-7-13-4-3-8-20-12-13/h3-6,8,10,12,16H,2,7,9,11,19H2,1H3. The van der Waals surface area contributed by atoms with Crippen molar-refractivity contribution in [3.63, 3.8) is 0 Å². The highest BCUT2D eigenvalue weighted by molar-refractivity contribution is 5.34. The maximum atomic E-state index is 13.4. The molecule has 112 valence electrons. The van der Waals surface area contributed by atoms with Gasteiger partial charge in [0.25, 0.3) is 0 Å². The Bertz CT molecular complexity index is 560. The molecule has 21 heavy (non-hydrogen) atoms. The minimum Gasteiger partial charge on any atom is -0.493 e. The molecule has 2 N–H and O–H groups in total. The number of nitrogens with two attached hydrogens (primary N) is 1. The van der Waals surface area contributed by atoms with Crippen LogP contribution in [0.15, 0.2) is 42.7 Å². The first-order valence-corrected chi connectivity index (χ1v) is 7.24. The average molecular weight is 288 g/mol. The van der Waals surface area contributed by atoms with Crippen LogP contribution in [0.3, 0.4) is 0 Å². The molecule has 0 saturated carbocycles. The number of benzene rings is 1. The number of pyridine rings is 1. The van der Waals surface area contributed by atoms with Gasteiger partial charge in [-0.2, -0.15) is 0 Å². The van der Waals surface area contributed by atoms with Gasteiger partial charge in [0.15, 0.2) is 0 Å². The molecule has 0 fully saturated rings. The normalized spacial score (nSPS) is 12.1. The van der Waals surface area contributed by atoms with E-state index in [4.69, 9.17) is 10.5 Å². The lowest BCUT2D eigenvalue weighted by Gasteiger charge is -2.14. The highest BCUT2D eigenvalue weighted by atomic mass is 19.1. The van der Waals surface area contributed by atoms with Crippen LogP contribution in [0, 0.1) is 5.82 Å². The van der Waals surface area contributed by atoms with Gasteiger partial charge in [-0.25, -0.2) is 4.39 Å². The molecule has 3 nitrogen and oxygen atoms in total. The van der Waals surface area contributed by atoms with Crippen LogP contribution in [0.25, 0.3) is 0 Å². The molecule has 0 aliphatic rings. The molecule has 2 aromatic rings. The van der Waals surface area contributed by atoms with Crippen molar-refractivity contribution in [2.75, 3.05) is 6.61 Å². The predicted molar refractivity (Wildman–Crippen MR) is 81.8 cm³/mol. The monoisotopic (exact) mass is 288 g/mol. The first-order chi connectivity index (χ1) is 10.2. The predicted octanol–water partition coefficient (Wildman–Crippen LogP) is 3.12. The molecular weight excluding hydrogens is 267 g/mol. The van der Waals surface area contributed by atoms with Crippen LogP contribution in [-0.2, 0) is 12.8 Å². The van der Waals surface area contributed by atoms with Gasteiger partial charge in [-0.05, 0) is 48.2 Å². The van der Waals surface area contributed by atoms with Gasteiger partial charge in [0.05, 0.1) is 6.61 Å².